The van der Waals surface area contributed by atoms with Gasteiger partial charge in [-0.25, -0.2) is 0 Å². The highest BCUT2D eigenvalue weighted by molar-refractivity contribution is 8.26. The largest absolute Gasteiger partial charge is 0.507 e. The quantitative estimate of drug-likeness (QED) is 0.626. The van der Waals surface area contributed by atoms with Gasteiger partial charge in [0, 0.05) is 12.6 Å². The van der Waals surface area contributed by atoms with Crippen molar-refractivity contribution in [1.82, 2.24) is 4.90 Å². The van der Waals surface area contributed by atoms with E-state index in [1.165, 1.54) is 16.7 Å². The molecule has 1 fully saturated rings. The molecular formula is C12H11NO2S2. The van der Waals surface area contributed by atoms with Crippen LogP contribution in [0.2, 0.25) is 0 Å². The van der Waals surface area contributed by atoms with Crippen LogP contribution in [0.3, 0.4) is 0 Å². The summed E-state index contributed by atoms with van der Waals surface area (Å²) >= 11 is 6.28. The van der Waals surface area contributed by atoms with Crippen molar-refractivity contribution in [2.24, 2.45) is 0 Å². The normalized spacial score (nSPS) is 18.2. The summed E-state index contributed by atoms with van der Waals surface area (Å²) in [5.74, 6) is 0.0785. The number of carbonyl (C=O) groups is 1. The molecule has 0 atom stereocenters. The maximum Gasteiger partial charge on any atom is 0.265 e. The van der Waals surface area contributed by atoms with Crippen molar-refractivity contribution >= 4 is 40.3 Å². The molecule has 2 rings (SSSR count). The number of aromatic hydroxyl groups is 1. The summed E-state index contributed by atoms with van der Waals surface area (Å²) in [6, 6.07) is 5.43. The number of aryl methyl sites for hydroxylation is 1. The summed E-state index contributed by atoms with van der Waals surface area (Å²) in [7, 11) is 1.65. The van der Waals surface area contributed by atoms with Gasteiger partial charge < -0.3 is 5.11 Å². The third-order valence-corrected chi connectivity index (χ3v) is 4.03. The first-order chi connectivity index (χ1) is 8.00. The summed E-state index contributed by atoms with van der Waals surface area (Å²) in [5.41, 5.74) is 1.42. The Morgan fingerprint density at radius 2 is 2.18 bits per heavy atom. The lowest BCUT2D eigenvalue weighted by molar-refractivity contribution is -0.121. The average Bonchev–Trinajstić information content (AvgIpc) is 2.53. The van der Waals surface area contributed by atoms with Crippen LogP contribution in [0.25, 0.3) is 6.08 Å². The Bertz CT molecular complexity index is 537. The first-order valence-corrected chi connectivity index (χ1v) is 6.23. The number of carbonyl (C=O) groups excluding carboxylic acids is 1. The number of phenols is 1. The molecule has 88 valence electrons. The zero-order valence-corrected chi connectivity index (χ0v) is 11.1. The molecular weight excluding hydrogens is 254 g/mol. The number of likely N-dealkylation sites (N-methyl/N-ethyl adjacent to an activating group) is 1. The van der Waals surface area contributed by atoms with Gasteiger partial charge in [-0.1, -0.05) is 42.2 Å². The van der Waals surface area contributed by atoms with Crippen LogP contribution in [0.1, 0.15) is 11.1 Å². The highest BCUT2D eigenvalue weighted by Crippen LogP contribution is 2.33. The molecule has 1 aliphatic rings. The number of benzene rings is 1. The van der Waals surface area contributed by atoms with Gasteiger partial charge in [-0.05, 0) is 18.6 Å². The summed E-state index contributed by atoms with van der Waals surface area (Å²) in [5, 5.41) is 9.86. The molecule has 1 aromatic carbocycles. The Hall–Kier alpha value is -1.33. The van der Waals surface area contributed by atoms with Crippen LogP contribution < -0.4 is 0 Å². The molecule has 0 aromatic heterocycles. The van der Waals surface area contributed by atoms with Crippen LogP contribution in [-0.4, -0.2) is 27.3 Å². The number of thiocarbonyl (C=S) groups is 1. The molecule has 1 N–H and O–H groups in total. The second-order valence-electron chi connectivity index (χ2n) is 3.75. The second-order valence-corrected chi connectivity index (χ2v) is 5.43. The number of hydrogen-bond donors (Lipinski definition) is 1. The van der Waals surface area contributed by atoms with E-state index in [-0.39, 0.29) is 11.7 Å². The van der Waals surface area contributed by atoms with E-state index < -0.39 is 0 Å². The third-order valence-electron chi connectivity index (χ3n) is 2.54. The van der Waals surface area contributed by atoms with Crippen LogP contribution in [0, 0.1) is 6.92 Å². The molecule has 1 aliphatic heterocycles. The molecule has 17 heavy (non-hydrogen) atoms. The molecule has 0 radical (unpaired) electrons. The van der Waals surface area contributed by atoms with E-state index in [1.54, 1.807) is 19.2 Å². The third kappa shape index (κ3) is 2.21. The minimum absolute atomic E-state index is 0.124. The summed E-state index contributed by atoms with van der Waals surface area (Å²) in [4.78, 5) is 13.8. The number of amides is 1. The minimum Gasteiger partial charge on any atom is -0.507 e. The van der Waals surface area contributed by atoms with Crippen molar-refractivity contribution in [1.29, 1.82) is 0 Å². The Labute approximate surface area is 109 Å². The summed E-state index contributed by atoms with van der Waals surface area (Å²) in [6.45, 7) is 1.82. The van der Waals surface area contributed by atoms with Crippen molar-refractivity contribution in [2.75, 3.05) is 7.05 Å². The van der Waals surface area contributed by atoms with E-state index in [9.17, 15) is 9.90 Å². The van der Waals surface area contributed by atoms with Gasteiger partial charge in [-0.2, -0.15) is 0 Å². The smallest absolute Gasteiger partial charge is 0.265 e. The number of thioether (sulfide) groups is 1. The monoisotopic (exact) mass is 265 g/mol. The Morgan fingerprint density at radius 1 is 1.47 bits per heavy atom. The Balaban J connectivity index is 2.41. The van der Waals surface area contributed by atoms with Crippen LogP contribution in [0.5, 0.6) is 5.75 Å². The maximum atomic E-state index is 11.8. The highest BCUT2D eigenvalue weighted by Gasteiger charge is 2.28. The Kier molecular flexibility index (Phi) is 3.22. The molecule has 0 bridgehead atoms. The topological polar surface area (TPSA) is 40.5 Å². The number of rotatable bonds is 1. The zero-order chi connectivity index (χ0) is 12.6. The van der Waals surface area contributed by atoms with Crippen molar-refractivity contribution in [2.45, 2.75) is 6.92 Å². The fourth-order valence-electron chi connectivity index (χ4n) is 1.48. The van der Waals surface area contributed by atoms with E-state index in [1.807, 2.05) is 19.1 Å². The number of hydrogen-bond acceptors (Lipinski definition) is 4. The fraction of sp³-hybridized carbons (Fsp3) is 0.167. The number of phenolic OH excluding ortho intramolecular Hbond substituents is 1. The van der Waals surface area contributed by atoms with Crippen molar-refractivity contribution in [3.63, 3.8) is 0 Å². The van der Waals surface area contributed by atoms with Crippen molar-refractivity contribution in [3.8, 4) is 5.75 Å². The number of nitrogens with zero attached hydrogens (tertiary/aromatic N) is 1. The van der Waals surface area contributed by atoms with Gasteiger partial charge in [-0.15, -0.1) is 0 Å². The first kappa shape index (κ1) is 12.1. The van der Waals surface area contributed by atoms with Gasteiger partial charge in [0.2, 0.25) is 0 Å². The average molecular weight is 265 g/mol. The van der Waals surface area contributed by atoms with E-state index in [0.29, 0.717) is 14.8 Å². The van der Waals surface area contributed by atoms with E-state index in [4.69, 9.17) is 12.2 Å². The van der Waals surface area contributed by atoms with Gasteiger partial charge in [0.25, 0.3) is 5.91 Å². The minimum atomic E-state index is -0.124. The lowest BCUT2D eigenvalue weighted by atomic mass is 10.1. The fourth-order valence-corrected chi connectivity index (χ4v) is 2.66. The lowest BCUT2D eigenvalue weighted by Crippen LogP contribution is -2.22. The SMILES string of the molecule is Cc1cccc(C=C2SC(=S)N(C)C2=O)c1O. The van der Waals surface area contributed by atoms with Gasteiger partial charge in [0.1, 0.15) is 10.1 Å². The van der Waals surface area contributed by atoms with Gasteiger partial charge >= 0.3 is 0 Å². The maximum absolute atomic E-state index is 11.8. The van der Waals surface area contributed by atoms with Gasteiger partial charge in [0.15, 0.2) is 0 Å². The van der Waals surface area contributed by atoms with Gasteiger partial charge in [-0.3, -0.25) is 9.69 Å². The molecule has 0 unspecified atom stereocenters. The first-order valence-electron chi connectivity index (χ1n) is 5.01. The lowest BCUT2D eigenvalue weighted by Gasteiger charge is -2.04. The molecule has 1 amide bonds. The van der Waals surface area contributed by atoms with Crippen molar-refractivity contribution < 1.29 is 9.90 Å². The highest BCUT2D eigenvalue weighted by atomic mass is 32.2. The van der Waals surface area contributed by atoms with Crippen molar-refractivity contribution in [3.05, 3.63) is 34.2 Å². The van der Waals surface area contributed by atoms with E-state index in [2.05, 4.69) is 0 Å². The van der Waals surface area contributed by atoms with Crippen LogP contribution in [-0.2, 0) is 4.79 Å². The standard InChI is InChI=1S/C12H11NO2S2/c1-7-4-3-5-8(10(7)14)6-9-11(15)13(2)12(16)17-9/h3-6,14H,1-2H3. The molecule has 1 saturated heterocycles. The predicted octanol–water partition coefficient (Wildman–Crippen LogP) is 2.53. The van der Waals surface area contributed by atoms with Crippen LogP contribution in [0.4, 0.5) is 0 Å². The summed E-state index contributed by atoms with van der Waals surface area (Å²) in [6.07, 6.45) is 1.67. The zero-order valence-electron chi connectivity index (χ0n) is 9.43. The molecule has 5 heteroatoms. The molecule has 3 nitrogen and oxygen atoms in total. The second kappa shape index (κ2) is 4.50. The number of para-hydroxylation sites is 1. The molecule has 1 heterocycles. The molecule has 0 spiro atoms. The van der Waals surface area contributed by atoms with Crippen LogP contribution >= 0.6 is 24.0 Å². The Morgan fingerprint density at radius 3 is 2.76 bits per heavy atom. The van der Waals surface area contributed by atoms with Gasteiger partial charge in [0.05, 0.1) is 4.91 Å². The molecule has 0 saturated carbocycles. The predicted molar refractivity (Wildman–Crippen MR) is 73.8 cm³/mol. The summed E-state index contributed by atoms with van der Waals surface area (Å²) < 4.78 is 0.536. The van der Waals surface area contributed by atoms with E-state index in [0.717, 1.165) is 5.56 Å². The molecule has 1 aromatic rings. The molecule has 0 aliphatic carbocycles. The van der Waals surface area contributed by atoms with Crippen LogP contribution in [0.15, 0.2) is 23.1 Å². The van der Waals surface area contributed by atoms with E-state index >= 15 is 0 Å².